The largest absolute Gasteiger partial charge is 0.507 e. The van der Waals surface area contributed by atoms with Gasteiger partial charge in [-0.2, -0.15) is 0 Å². The van der Waals surface area contributed by atoms with Gasteiger partial charge >= 0.3 is 0 Å². The molecule has 0 bridgehead atoms. The van der Waals surface area contributed by atoms with E-state index in [4.69, 9.17) is 0 Å². The van der Waals surface area contributed by atoms with E-state index in [2.05, 4.69) is 26.2 Å². The van der Waals surface area contributed by atoms with Gasteiger partial charge in [0.1, 0.15) is 16.0 Å². The number of hydrogen-bond acceptors (Lipinski definition) is 3. The zero-order valence-corrected chi connectivity index (χ0v) is 12.5. The molecule has 2 aromatic carbocycles. The molecule has 0 atom stereocenters. The van der Waals surface area contributed by atoms with E-state index in [0.29, 0.717) is 21.4 Å². The number of aromatic hydroxyl groups is 1. The Hall–Kier alpha value is -2.40. The molecule has 5 heteroatoms. The first-order valence-electron chi connectivity index (χ1n) is 6.30. The lowest BCUT2D eigenvalue weighted by molar-refractivity contribution is 0.102. The molecule has 0 fully saturated rings. The van der Waals surface area contributed by atoms with Gasteiger partial charge in [0.2, 0.25) is 0 Å². The van der Waals surface area contributed by atoms with E-state index in [1.54, 1.807) is 48.5 Å². The third-order valence-corrected chi connectivity index (χ3v) is 3.54. The standard InChI is InChI=1S/C16H11BrN2O2/c17-15-9-3-7-13(18-15)16(21)19-12-6-1-5-11-10(12)4-2-8-14(11)20/h1-9,20H,(H,19,21). The van der Waals surface area contributed by atoms with Crippen LogP contribution < -0.4 is 5.32 Å². The van der Waals surface area contributed by atoms with Crippen LogP contribution in [0.2, 0.25) is 0 Å². The van der Waals surface area contributed by atoms with Crippen LogP contribution in [0.3, 0.4) is 0 Å². The first-order chi connectivity index (χ1) is 10.1. The topological polar surface area (TPSA) is 62.2 Å². The summed E-state index contributed by atoms with van der Waals surface area (Å²) in [7, 11) is 0. The Bertz CT molecular complexity index is 833. The van der Waals surface area contributed by atoms with Crippen molar-refractivity contribution >= 4 is 38.3 Å². The summed E-state index contributed by atoms with van der Waals surface area (Å²) < 4.78 is 0.603. The molecule has 0 aliphatic heterocycles. The molecule has 0 saturated heterocycles. The number of fused-ring (bicyclic) bond motifs is 1. The number of benzene rings is 2. The molecule has 0 unspecified atom stereocenters. The highest BCUT2D eigenvalue weighted by Gasteiger charge is 2.10. The number of halogens is 1. The summed E-state index contributed by atoms with van der Waals surface area (Å²) in [6.07, 6.45) is 0. The molecule has 2 N–H and O–H groups in total. The minimum Gasteiger partial charge on any atom is -0.507 e. The first kappa shape index (κ1) is 13.6. The van der Waals surface area contributed by atoms with Crippen molar-refractivity contribution in [3.63, 3.8) is 0 Å². The number of rotatable bonds is 2. The highest BCUT2D eigenvalue weighted by atomic mass is 79.9. The molecule has 21 heavy (non-hydrogen) atoms. The molecule has 1 heterocycles. The van der Waals surface area contributed by atoms with E-state index >= 15 is 0 Å². The van der Waals surface area contributed by atoms with Gasteiger partial charge in [-0.3, -0.25) is 4.79 Å². The maximum atomic E-state index is 12.2. The Morgan fingerprint density at radius 3 is 2.52 bits per heavy atom. The molecule has 0 spiro atoms. The number of pyridine rings is 1. The van der Waals surface area contributed by atoms with Gasteiger partial charge in [0, 0.05) is 16.5 Å². The molecule has 1 aromatic heterocycles. The number of aromatic nitrogens is 1. The van der Waals surface area contributed by atoms with Crippen molar-refractivity contribution in [3.8, 4) is 5.75 Å². The second kappa shape index (κ2) is 5.54. The minimum absolute atomic E-state index is 0.184. The summed E-state index contributed by atoms with van der Waals surface area (Å²) in [5.41, 5.74) is 0.955. The highest BCUT2D eigenvalue weighted by Crippen LogP contribution is 2.29. The van der Waals surface area contributed by atoms with Crippen LogP contribution in [0, 0.1) is 0 Å². The maximum absolute atomic E-state index is 12.2. The summed E-state index contributed by atoms with van der Waals surface area (Å²) in [5, 5.41) is 14.1. The average molecular weight is 343 g/mol. The smallest absolute Gasteiger partial charge is 0.274 e. The molecule has 0 saturated carbocycles. The molecule has 4 nitrogen and oxygen atoms in total. The Labute approximate surface area is 129 Å². The lowest BCUT2D eigenvalue weighted by Gasteiger charge is -2.09. The van der Waals surface area contributed by atoms with Gasteiger partial charge in [-0.15, -0.1) is 0 Å². The highest BCUT2D eigenvalue weighted by molar-refractivity contribution is 9.10. The summed E-state index contributed by atoms with van der Waals surface area (Å²) in [6.45, 7) is 0. The number of anilines is 1. The van der Waals surface area contributed by atoms with Crippen LogP contribution in [0.5, 0.6) is 5.75 Å². The molecule has 3 aromatic rings. The van der Waals surface area contributed by atoms with Crippen molar-refractivity contribution in [2.75, 3.05) is 5.32 Å². The molecule has 104 valence electrons. The quantitative estimate of drug-likeness (QED) is 0.693. The summed E-state index contributed by atoms with van der Waals surface area (Å²) >= 11 is 3.24. The van der Waals surface area contributed by atoms with E-state index in [0.717, 1.165) is 5.39 Å². The monoisotopic (exact) mass is 342 g/mol. The zero-order chi connectivity index (χ0) is 14.8. The maximum Gasteiger partial charge on any atom is 0.274 e. The van der Waals surface area contributed by atoms with Crippen molar-refractivity contribution in [2.24, 2.45) is 0 Å². The summed E-state index contributed by atoms with van der Waals surface area (Å²) in [4.78, 5) is 16.4. The summed E-state index contributed by atoms with van der Waals surface area (Å²) in [6, 6.07) is 15.7. The number of nitrogens with one attached hydrogen (secondary N) is 1. The predicted octanol–water partition coefficient (Wildman–Crippen LogP) is 3.96. The van der Waals surface area contributed by atoms with Crippen molar-refractivity contribution in [3.05, 3.63) is 64.9 Å². The van der Waals surface area contributed by atoms with E-state index in [9.17, 15) is 9.90 Å². The van der Waals surface area contributed by atoms with Gasteiger partial charge in [0.25, 0.3) is 5.91 Å². The van der Waals surface area contributed by atoms with E-state index in [-0.39, 0.29) is 11.7 Å². The normalized spacial score (nSPS) is 10.5. The number of carbonyl (C=O) groups is 1. The third kappa shape index (κ3) is 2.73. The van der Waals surface area contributed by atoms with Crippen LogP contribution in [-0.2, 0) is 0 Å². The van der Waals surface area contributed by atoms with Crippen LogP contribution >= 0.6 is 15.9 Å². The Morgan fingerprint density at radius 2 is 1.71 bits per heavy atom. The number of nitrogens with zero attached hydrogens (tertiary/aromatic N) is 1. The average Bonchev–Trinajstić information content (AvgIpc) is 2.48. The SMILES string of the molecule is O=C(Nc1cccc2c(O)cccc12)c1cccc(Br)n1. The van der Waals surface area contributed by atoms with Gasteiger partial charge < -0.3 is 10.4 Å². The van der Waals surface area contributed by atoms with Gasteiger partial charge in [-0.25, -0.2) is 4.98 Å². The van der Waals surface area contributed by atoms with Crippen LogP contribution in [0.1, 0.15) is 10.5 Å². The van der Waals surface area contributed by atoms with Crippen molar-refractivity contribution in [2.45, 2.75) is 0 Å². The fraction of sp³-hybridized carbons (Fsp3) is 0. The van der Waals surface area contributed by atoms with Crippen LogP contribution in [0.15, 0.2) is 59.2 Å². The van der Waals surface area contributed by atoms with Crippen LogP contribution in [-0.4, -0.2) is 16.0 Å². The second-order valence-electron chi connectivity index (χ2n) is 4.48. The number of amides is 1. The lowest BCUT2D eigenvalue weighted by Crippen LogP contribution is -2.13. The zero-order valence-electron chi connectivity index (χ0n) is 10.9. The summed E-state index contributed by atoms with van der Waals surface area (Å²) in [5.74, 6) is -0.115. The van der Waals surface area contributed by atoms with Gasteiger partial charge in [-0.05, 0) is 40.2 Å². The predicted molar refractivity (Wildman–Crippen MR) is 85.5 cm³/mol. The molecule has 0 aliphatic carbocycles. The molecule has 0 radical (unpaired) electrons. The molecule has 0 aliphatic rings. The number of carbonyl (C=O) groups excluding carboxylic acids is 1. The van der Waals surface area contributed by atoms with Crippen molar-refractivity contribution in [1.29, 1.82) is 0 Å². The second-order valence-corrected chi connectivity index (χ2v) is 5.29. The van der Waals surface area contributed by atoms with Crippen molar-refractivity contribution < 1.29 is 9.90 Å². The fourth-order valence-electron chi connectivity index (χ4n) is 2.12. The Kier molecular flexibility index (Phi) is 3.58. The van der Waals surface area contributed by atoms with Crippen LogP contribution in [0.4, 0.5) is 5.69 Å². The van der Waals surface area contributed by atoms with Gasteiger partial charge in [0.05, 0.1) is 0 Å². The molecule has 3 rings (SSSR count). The van der Waals surface area contributed by atoms with Gasteiger partial charge in [0.15, 0.2) is 0 Å². The molecule has 1 amide bonds. The number of hydrogen-bond donors (Lipinski definition) is 2. The van der Waals surface area contributed by atoms with E-state index in [1.165, 1.54) is 0 Å². The minimum atomic E-state index is -0.299. The third-order valence-electron chi connectivity index (χ3n) is 3.10. The Morgan fingerprint density at radius 1 is 1.00 bits per heavy atom. The Balaban J connectivity index is 1.99. The van der Waals surface area contributed by atoms with Crippen LogP contribution in [0.25, 0.3) is 10.8 Å². The fourth-order valence-corrected chi connectivity index (χ4v) is 2.47. The lowest BCUT2D eigenvalue weighted by atomic mass is 10.1. The van der Waals surface area contributed by atoms with Gasteiger partial charge in [-0.1, -0.05) is 30.3 Å². The molecular weight excluding hydrogens is 332 g/mol. The van der Waals surface area contributed by atoms with E-state index in [1.807, 2.05) is 6.07 Å². The van der Waals surface area contributed by atoms with E-state index < -0.39 is 0 Å². The number of phenolic OH excluding ortho intramolecular Hbond substituents is 1. The number of phenols is 1. The molecular formula is C16H11BrN2O2. The van der Waals surface area contributed by atoms with Crippen molar-refractivity contribution in [1.82, 2.24) is 4.98 Å². The first-order valence-corrected chi connectivity index (χ1v) is 7.09.